The first-order valence-corrected chi connectivity index (χ1v) is 5.45. The van der Waals surface area contributed by atoms with Crippen molar-refractivity contribution in [1.82, 2.24) is 0 Å². The minimum absolute atomic E-state index is 0.0151. The number of ketones is 1. The SMILES string of the molecule is CC(=O)c1ccc(-c2cc(C)ccc2F)cc1. The molecule has 2 aromatic carbocycles. The van der Waals surface area contributed by atoms with Gasteiger partial charge in [0.15, 0.2) is 5.78 Å². The largest absolute Gasteiger partial charge is 0.295 e. The fourth-order valence-electron chi connectivity index (χ4n) is 1.74. The molecule has 0 spiro atoms. The molecule has 0 aliphatic rings. The first-order chi connectivity index (χ1) is 8.08. The van der Waals surface area contributed by atoms with Gasteiger partial charge in [0.25, 0.3) is 0 Å². The molecule has 0 atom stereocenters. The predicted octanol–water partition coefficient (Wildman–Crippen LogP) is 4.00. The lowest BCUT2D eigenvalue weighted by molar-refractivity contribution is 0.101. The van der Waals surface area contributed by atoms with Gasteiger partial charge in [-0.05, 0) is 31.5 Å². The molecule has 2 aromatic rings. The van der Waals surface area contributed by atoms with Gasteiger partial charge in [0.05, 0.1) is 0 Å². The highest BCUT2D eigenvalue weighted by Gasteiger charge is 2.06. The number of carbonyl (C=O) groups is 1. The van der Waals surface area contributed by atoms with Crippen molar-refractivity contribution in [2.75, 3.05) is 0 Å². The fraction of sp³-hybridized carbons (Fsp3) is 0.133. The second kappa shape index (κ2) is 4.50. The van der Waals surface area contributed by atoms with Gasteiger partial charge in [-0.15, -0.1) is 0 Å². The van der Waals surface area contributed by atoms with Crippen molar-refractivity contribution in [1.29, 1.82) is 0 Å². The van der Waals surface area contributed by atoms with E-state index in [1.807, 2.05) is 6.92 Å². The summed E-state index contributed by atoms with van der Waals surface area (Å²) in [5.41, 5.74) is 3.01. The highest BCUT2D eigenvalue weighted by Crippen LogP contribution is 2.24. The van der Waals surface area contributed by atoms with E-state index in [4.69, 9.17) is 0 Å². The van der Waals surface area contributed by atoms with Crippen molar-refractivity contribution in [2.45, 2.75) is 13.8 Å². The van der Waals surface area contributed by atoms with Crippen molar-refractivity contribution in [3.63, 3.8) is 0 Å². The Bertz CT molecular complexity index is 556. The molecule has 2 rings (SSSR count). The van der Waals surface area contributed by atoms with Crippen molar-refractivity contribution >= 4 is 5.78 Å². The van der Waals surface area contributed by atoms with Gasteiger partial charge in [-0.3, -0.25) is 4.79 Å². The molecular formula is C15H13FO. The molecular weight excluding hydrogens is 215 g/mol. The van der Waals surface area contributed by atoms with Crippen LogP contribution in [0.3, 0.4) is 0 Å². The lowest BCUT2D eigenvalue weighted by atomic mass is 10.0. The smallest absolute Gasteiger partial charge is 0.159 e. The molecule has 2 heteroatoms. The summed E-state index contributed by atoms with van der Waals surface area (Å²) >= 11 is 0. The molecule has 0 N–H and O–H groups in total. The number of carbonyl (C=O) groups excluding carboxylic acids is 1. The topological polar surface area (TPSA) is 17.1 Å². The van der Waals surface area contributed by atoms with Crippen LogP contribution in [-0.2, 0) is 0 Å². The Labute approximate surface area is 99.9 Å². The zero-order chi connectivity index (χ0) is 12.4. The molecule has 0 amide bonds. The van der Waals surface area contributed by atoms with Gasteiger partial charge in [0.2, 0.25) is 0 Å². The zero-order valence-corrected chi connectivity index (χ0v) is 9.83. The van der Waals surface area contributed by atoms with Crippen LogP contribution >= 0.6 is 0 Å². The molecule has 86 valence electrons. The van der Waals surface area contributed by atoms with Crippen LogP contribution in [0.15, 0.2) is 42.5 Å². The second-order valence-electron chi connectivity index (χ2n) is 4.12. The Morgan fingerprint density at radius 2 is 1.71 bits per heavy atom. The van der Waals surface area contributed by atoms with Crippen LogP contribution in [0.5, 0.6) is 0 Å². The second-order valence-corrected chi connectivity index (χ2v) is 4.12. The van der Waals surface area contributed by atoms with E-state index in [1.165, 1.54) is 13.0 Å². The summed E-state index contributed by atoms with van der Waals surface area (Å²) in [6, 6.07) is 12.0. The maximum Gasteiger partial charge on any atom is 0.159 e. The van der Waals surface area contributed by atoms with Crippen molar-refractivity contribution < 1.29 is 9.18 Å². The number of aryl methyl sites for hydroxylation is 1. The maximum absolute atomic E-state index is 13.6. The molecule has 0 aliphatic heterocycles. The third-order valence-electron chi connectivity index (χ3n) is 2.72. The molecule has 0 saturated heterocycles. The van der Waals surface area contributed by atoms with Crippen molar-refractivity contribution in [2.24, 2.45) is 0 Å². The lowest BCUT2D eigenvalue weighted by Crippen LogP contribution is -1.92. The van der Waals surface area contributed by atoms with Gasteiger partial charge in [-0.2, -0.15) is 0 Å². The van der Waals surface area contributed by atoms with E-state index < -0.39 is 0 Å². The predicted molar refractivity (Wildman–Crippen MR) is 66.6 cm³/mol. The van der Waals surface area contributed by atoms with Crippen LogP contribution in [0.1, 0.15) is 22.8 Å². The van der Waals surface area contributed by atoms with Crippen LogP contribution in [0.2, 0.25) is 0 Å². The standard InChI is InChI=1S/C15H13FO/c1-10-3-8-15(16)14(9-10)13-6-4-12(5-7-13)11(2)17/h3-9H,1-2H3. The van der Waals surface area contributed by atoms with E-state index in [1.54, 1.807) is 36.4 Å². The van der Waals surface area contributed by atoms with Crippen LogP contribution < -0.4 is 0 Å². The Kier molecular flexibility index (Phi) is 3.05. The summed E-state index contributed by atoms with van der Waals surface area (Å²) < 4.78 is 13.6. The van der Waals surface area contributed by atoms with Crippen LogP contribution in [0, 0.1) is 12.7 Å². The Morgan fingerprint density at radius 3 is 2.29 bits per heavy atom. The fourth-order valence-corrected chi connectivity index (χ4v) is 1.74. The molecule has 0 saturated carbocycles. The van der Waals surface area contributed by atoms with Crippen LogP contribution in [0.4, 0.5) is 4.39 Å². The van der Waals surface area contributed by atoms with Gasteiger partial charge < -0.3 is 0 Å². The normalized spacial score (nSPS) is 10.3. The summed E-state index contributed by atoms with van der Waals surface area (Å²) in [7, 11) is 0. The molecule has 17 heavy (non-hydrogen) atoms. The molecule has 0 bridgehead atoms. The Hall–Kier alpha value is -1.96. The minimum atomic E-state index is -0.244. The minimum Gasteiger partial charge on any atom is -0.295 e. The first-order valence-electron chi connectivity index (χ1n) is 5.45. The summed E-state index contributed by atoms with van der Waals surface area (Å²) in [5, 5.41) is 0. The van der Waals surface area contributed by atoms with Crippen molar-refractivity contribution in [3.8, 4) is 11.1 Å². The maximum atomic E-state index is 13.6. The molecule has 0 radical (unpaired) electrons. The van der Waals surface area contributed by atoms with E-state index in [-0.39, 0.29) is 11.6 Å². The van der Waals surface area contributed by atoms with Crippen LogP contribution in [-0.4, -0.2) is 5.78 Å². The van der Waals surface area contributed by atoms with Gasteiger partial charge in [0.1, 0.15) is 5.82 Å². The zero-order valence-electron chi connectivity index (χ0n) is 9.83. The monoisotopic (exact) mass is 228 g/mol. The number of halogens is 1. The van der Waals surface area contributed by atoms with E-state index in [0.717, 1.165) is 11.1 Å². The van der Waals surface area contributed by atoms with E-state index in [9.17, 15) is 9.18 Å². The average Bonchev–Trinajstić information content (AvgIpc) is 2.32. The lowest BCUT2D eigenvalue weighted by Gasteiger charge is -2.05. The molecule has 1 nitrogen and oxygen atoms in total. The van der Waals surface area contributed by atoms with E-state index in [2.05, 4.69) is 0 Å². The average molecular weight is 228 g/mol. The van der Waals surface area contributed by atoms with Gasteiger partial charge in [-0.1, -0.05) is 35.9 Å². The molecule has 0 unspecified atom stereocenters. The quantitative estimate of drug-likeness (QED) is 0.710. The molecule has 0 aromatic heterocycles. The third-order valence-corrected chi connectivity index (χ3v) is 2.72. The molecule has 0 heterocycles. The summed E-state index contributed by atoms with van der Waals surface area (Å²) in [6.45, 7) is 3.44. The van der Waals surface area contributed by atoms with Gasteiger partial charge in [-0.25, -0.2) is 4.39 Å². The van der Waals surface area contributed by atoms with E-state index >= 15 is 0 Å². The Balaban J connectivity index is 2.46. The highest BCUT2D eigenvalue weighted by atomic mass is 19.1. The van der Waals surface area contributed by atoms with Gasteiger partial charge in [0, 0.05) is 11.1 Å². The number of rotatable bonds is 2. The molecule has 0 fully saturated rings. The first kappa shape index (κ1) is 11.5. The van der Waals surface area contributed by atoms with Gasteiger partial charge >= 0.3 is 0 Å². The number of Topliss-reactive ketones (excluding diaryl/α,β-unsaturated/α-hetero) is 1. The number of hydrogen-bond donors (Lipinski definition) is 0. The number of hydrogen-bond acceptors (Lipinski definition) is 1. The van der Waals surface area contributed by atoms with Crippen LogP contribution in [0.25, 0.3) is 11.1 Å². The number of benzene rings is 2. The summed E-state index contributed by atoms with van der Waals surface area (Å²) in [4.78, 5) is 11.1. The Morgan fingerprint density at radius 1 is 1.06 bits per heavy atom. The van der Waals surface area contributed by atoms with E-state index in [0.29, 0.717) is 11.1 Å². The van der Waals surface area contributed by atoms with Crippen molar-refractivity contribution in [3.05, 3.63) is 59.4 Å². The third kappa shape index (κ3) is 2.41. The highest BCUT2D eigenvalue weighted by molar-refractivity contribution is 5.94. The summed E-state index contributed by atoms with van der Waals surface area (Å²) in [5.74, 6) is -0.229. The molecule has 0 aliphatic carbocycles. The summed E-state index contributed by atoms with van der Waals surface area (Å²) in [6.07, 6.45) is 0.